The van der Waals surface area contributed by atoms with Crippen molar-refractivity contribution < 1.29 is 17.9 Å². The summed E-state index contributed by atoms with van der Waals surface area (Å²) in [7, 11) is -0.423. The van der Waals surface area contributed by atoms with Crippen LogP contribution >= 0.6 is 0 Å². The minimum atomic E-state index is -3.45. The van der Waals surface area contributed by atoms with Crippen LogP contribution in [0.5, 0.6) is 11.5 Å². The molecule has 0 saturated carbocycles. The van der Waals surface area contributed by atoms with Gasteiger partial charge in [0.25, 0.3) is 0 Å². The van der Waals surface area contributed by atoms with Gasteiger partial charge in [-0.1, -0.05) is 13.3 Å². The van der Waals surface area contributed by atoms with Crippen molar-refractivity contribution in [3.8, 4) is 11.5 Å². The molecule has 1 aliphatic rings. The maximum absolute atomic E-state index is 12.7. The van der Waals surface area contributed by atoms with Crippen molar-refractivity contribution in [1.82, 2.24) is 4.31 Å². The van der Waals surface area contributed by atoms with Gasteiger partial charge < -0.3 is 9.47 Å². The lowest BCUT2D eigenvalue weighted by molar-refractivity contribution is 0.269. The molecule has 0 aliphatic carbocycles. The largest absolute Gasteiger partial charge is 0.493 e. The second kappa shape index (κ2) is 6.66. The van der Waals surface area contributed by atoms with E-state index in [9.17, 15) is 8.42 Å². The van der Waals surface area contributed by atoms with Gasteiger partial charge in [0.05, 0.1) is 19.1 Å². The molecule has 1 aromatic carbocycles. The Morgan fingerprint density at radius 2 is 1.76 bits per heavy atom. The van der Waals surface area contributed by atoms with E-state index in [0.717, 1.165) is 19.3 Å². The van der Waals surface area contributed by atoms with Crippen LogP contribution in [0.25, 0.3) is 0 Å². The van der Waals surface area contributed by atoms with Gasteiger partial charge >= 0.3 is 0 Å². The second-order valence-electron chi connectivity index (χ2n) is 5.27. The van der Waals surface area contributed by atoms with Crippen LogP contribution in [-0.4, -0.2) is 40.0 Å². The average molecular weight is 313 g/mol. The van der Waals surface area contributed by atoms with Gasteiger partial charge in [-0.3, -0.25) is 0 Å². The van der Waals surface area contributed by atoms with Gasteiger partial charge in [-0.2, -0.15) is 4.31 Å². The number of methoxy groups -OCH3 is 2. The topological polar surface area (TPSA) is 55.8 Å². The maximum atomic E-state index is 12.7. The smallest absolute Gasteiger partial charge is 0.243 e. The zero-order valence-electron chi connectivity index (χ0n) is 12.8. The van der Waals surface area contributed by atoms with Crippen LogP contribution in [0.15, 0.2) is 23.1 Å². The summed E-state index contributed by atoms with van der Waals surface area (Å²) in [5.74, 6) is 1.60. The predicted molar refractivity (Wildman–Crippen MR) is 81.3 cm³/mol. The molecule has 0 unspecified atom stereocenters. The first-order valence-electron chi connectivity index (χ1n) is 7.25. The molecule has 21 heavy (non-hydrogen) atoms. The fourth-order valence-electron chi connectivity index (χ4n) is 2.68. The molecule has 1 fully saturated rings. The summed E-state index contributed by atoms with van der Waals surface area (Å²) in [6.45, 7) is 3.34. The highest BCUT2D eigenvalue weighted by molar-refractivity contribution is 7.89. The minimum Gasteiger partial charge on any atom is -0.493 e. The molecule has 1 saturated heterocycles. The highest BCUT2D eigenvalue weighted by Gasteiger charge is 2.29. The van der Waals surface area contributed by atoms with Gasteiger partial charge in [-0.25, -0.2) is 8.42 Å². The fraction of sp³-hybridized carbons (Fsp3) is 0.600. The number of ether oxygens (including phenoxy) is 2. The molecule has 0 aromatic heterocycles. The third-order valence-corrected chi connectivity index (χ3v) is 6.04. The third-order valence-electron chi connectivity index (χ3n) is 4.14. The van der Waals surface area contributed by atoms with Crippen LogP contribution in [0.3, 0.4) is 0 Å². The molecular formula is C15H23NO4S. The van der Waals surface area contributed by atoms with Crippen molar-refractivity contribution in [3.63, 3.8) is 0 Å². The number of piperidine rings is 1. The van der Waals surface area contributed by atoms with Gasteiger partial charge in [-0.05, 0) is 30.9 Å². The molecule has 118 valence electrons. The molecule has 0 N–H and O–H groups in total. The zero-order chi connectivity index (χ0) is 15.5. The van der Waals surface area contributed by atoms with E-state index in [4.69, 9.17) is 9.47 Å². The van der Waals surface area contributed by atoms with Crippen molar-refractivity contribution in [2.45, 2.75) is 31.1 Å². The standard InChI is InChI=1S/C15H23NO4S/c1-4-12-7-9-16(10-8-12)21(17,18)13-5-6-14(19-2)15(11-13)20-3/h5-6,11-12H,4,7-10H2,1-3H3. The lowest BCUT2D eigenvalue weighted by atomic mass is 9.96. The summed E-state index contributed by atoms with van der Waals surface area (Å²) in [6, 6.07) is 4.73. The van der Waals surface area contributed by atoms with Gasteiger partial charge in [0.15, 0.2) is 11.5 Å². The summed E-state index contributed by atoms with van der Waals surface area (Å²) in [4.78, 5) is 0.259. The molecule has 1 heterocycles. The summed E-state index contributed by atoms with van der Waals surface area (Å²) in [5, 5.41) is 0. The van der Waals surface area contributed by atoms with Gasteiger partial charge in [0.2, 0.25) is 10.0 Å². The SMILES string of the molecule is CCC1CCN(S(=O)(=O)c2ccc(OC)c(OC)c2)CC1. The van der Waals surface area contributed by atoms with Gasteiger partial charge in [0, 0.05) is 19.2 Å². The summed E-state index contributed by atoms with van der Waals surface area (Å²) in [5.41, 5.74) is 0. The fourth-order valence-corrected chi connectivity index (χ4v) is 4.17. The van der Waals surface area contributed by atoms with E-state index in [0.29, 0.717) is 30.5 Å². The molecule has 0 atom stereocenters. The van der Waals surface area contributed by atoms with Crippen molar-refractivity contribution in [2.75, 3.05) is 27.3 Å². The van der Waals surface area contributed by atoms with E-state index in [1.165, 1.54) is 20.3 Å². The van der Waals surface area contributed by atoms with Crippen molar-refractivity contribution in [3.05, 3.63) is 18.2 Å². The molecular weight excluding hydrogens is 290 g/mol. The number of hydrogen-bond donors (Lipinski definition) is 0. The number of hydrogen-bond acceptors (Lipinski definition) is 4. The molecule has 0 bridgehead atoms. The molecule has 0 spiro atoms. The Morgan fingerprint density at radius 1 is 1.14 bits per heavy atom. The lowest BCUT2D eigenvalue weighted by Crippen LogP contribution is -2.38. The molecule has 5 nitrogen and oxygen atoms in total. The van der Waals surface area contributed by atoms with Crippen LogP contribution in [-0.2, 0) is 10.0 Å². The molecule has 1 aliphatic heterocycles. The number of benzene rings is 1. The molecule has 2 rings (SSSR count). The Morgan fingerprint density at radius 3 is 2.29 bits per heavy atom. The Bertz CT molecular complexity index is 577. The third kappa shape index (κ3) is 3.32. The molecule has 0 radical (unpaired) electrons. The molecule has 6 heteroatoms. The van der Waals surface area contributed by atoms with E-state index in [1.807, 2.05) is 0 Å². The summed E-state index contributed by atoms with van der Waals surface area (Å²) < 4.78 is 37.3. The first kappa shape index (κ1) is 16.1. The Balaban J connectivity index is 2.24. The highest BCUT2D eigenvalue weighted by Crippen LogP contribution is 2.32. The van der Waals surface area contributed by atoms with E-state index in [-0.39, 0.29) is 4.90 Å². The Kier molecular flexibility index (Phi) is 5.11. The Hall–Kier alpha value is -1.27. The normalized spacial score (nSPS) is 17.7. The quantitative estimate of drug-likeness (QED) is 0.838. The van der Waals surface area contributed by atoms with Crippen LogP contribution in [0.2, 0.25) is 0 Å². The van der Waals surface area contributed by atoms with E-state index < -0.39 is 10.0 Å². The average Bonchev–Trinajstić information content (AvgIpc) is 2.54. The van der Waals surface area contributed by atoms with Crippen LogP contribution < -0.4 is 9.47 Å². The second-order valence-corrected chi connectivity index (χ2v) is 7.21. The van der Waals surface area contributed by atoms with Crippen LogP contribution in [0.4, 0.5) is 0 Å². The molecule has 1 aromatic rings. The van der Waals surface area contributed by atoms with Gasteiger partial charge in [-0.15, -0.1) is 0 Å². The number of rotatable bonds is 5. The predicted octanol–water partition coefficient (Wildman–Crippen LogP) is 2.51. The van der Waals surface area contributed by atoms with Crippen molar-refractivity contribution >= 4 is 10.0 Å². The van der Waals surface area contributed by atoms with E-state index >= 15 is 0 Å². The van der Waals surface area contributed by atoms with Crippen LogP contribution in [0, 0.1) is 5.92 Å². The first-order chi connectivity index (χ1) is 10.0. The molecule has 0 amide bonds. The van der Waals surface area contributed by atoms with Crippen LogP contribution in [0.1, 0.15) is 26.2 Å². The number of sulfonamides is 1. The van der Waals surface area contributed by atoms with Crippen molar-refractivity contribution in [2.24, 2.45) is 5.92 Å². The maximum Gasteiger partial charge on any atom is 0.243 e. The lowest BCUT2D eigenvalue weighted by Gasteiger charge is -2.30. The van der Waals surface area contributed by atoms with Gasteiger partial charge in [0.1, 0.15) is 0 Å². The summed E-state index contributed by atoms with van der Waals surface area (Å²) in [6.07, 6.45) is 2.98. The highest BCUT2D eigenvalue weighted by atomic mass is 32.2. The minimum absolute atomic E-state index is 0.259. The first-order valence-corrected chi connectivity index (χ1v) is 8.69. The van der Waals surface area contributed by atoms with Crippen molar-refractivity contribution in [1.29, 1.82) is 0 Å². The van der Waals surface area contributed by atoms with E-state index in [2.05, 4.69) is 6.92 Å². The monoisotopic (exact) mass is 313 g/mol. The Labute approximate surface area is 126 Å². The summed E-state index contributed by atoms with van der Waals surface area (Å²) >= 11 is 0. The zero-order valence-corrected chi connectivity index (χ0v) is 13.6. The number of nitrogens with zero attached hydrogens (tertiary/aromatic N) is 1. The van der Waals surface area contributed by atoms with E-state index in [1.54, 1.807) is 16.4 Å².